The molecule has 0 aliphatic carbocycles. The molecule has 6 nitrogen and oxygen atoms in total. The van der Waals surface area contributed by atoms with Gasteiger partial charge in [-0.05, 0) is 91.5 Å². The van der Waals surface area contributed by atoms with Crippen molar-refractivity contribution in [2.45, 2.75) is 33.6 Å². The topological polar surface area (TPSA) is 63.5 Å². The average Bonchev–Trinajstić information content (AvgIpc) is 3.27. The number of nitrogens with zero attached hydrogens (tertiary/aromatic N) is 3. The zero-order valence-electron chi connectivity index (χ0n) is 22.0. The molecule has 1 atom stereocenters. The van der Waals surface area contributed by atoms with Crippen LogP contribution in [0.5, 0.6) is 5.75 Å². The largest absolute Gasteiger partial charge is 0.454 e. The molecule has 0 fully saturated rings. The van der Waals surface area contributed by atoms with Crippen LogP contribution in [0.25, 0.3) is 27.5 Å². The minimum Gasteiger partial charge on any atom is -0.454 e. The number of imidazole rings is 1. The highest BCUT2D eigenvalue weighted by Crippen LogP contribution is 2.29. The first kappa shape index (κ1) is 27.1. The Bertz CT molecular complexity index is 1710. The Labute approximate surface area is 234 Å². The average molecular weight is 562 g/mol. The summed E-state index contributed by atoms with van der Waals surface area (Å²) in [5, 5.41) is 9.83. The summed E-state index contributed by atoms with van der Waals surface area (Å²) >= 11 is 5.39. The number of aromatic nitrogens is 2. The minimum atomic E-state index is -3.21. The van der Waals surface area contributed by atoms with Crippen molar-refractivity contribution in [3.8, 4) is 11.4 Å². The molecule has 0 spiro atoms. The Balaban J connectivity index is 1.34. The fourth-order valence-electron chi connectivity index (χ4n) is 4.58. The van der Waals surface area contributed by atoms with E-state index in [-0.39, 0.29) is 5.75 Å². The number of hydrogen-bond acceptors (Lipinski definition) is 4. The van der Waals surface area contributed by atoms with E-state index in [9.17, 15) is 13.2 Å². The number of anilines is 1. The first-order chi connectivity index (χ1) is 19.2. The summed E-state index contributed by atoms with van der Waals surface area (Å²) < 4.78 is 44.7. The lowest BCUT2D eigenvalue weighted by atomic mass is 10.1. The van der Waals surface area contributed by atoms with Crippen LogP contribution in [0.4, 0.5) is 18.9 Å². The lowest BCUT2D eigenvalue weighted by Gasteiger charge is -2.12. The van der Waals surface area contributed by atoms with E-state index in [1.54, 1.807) is 18.3 Å². The molecule has 2 N–H and O–H groups in total. The van der Waals surface area contributed by atoms with Gasteiger partial charge in [0.1, 0.15) is 11.6 Å². The first-order valence-electron chi connectivity index (χ1n) is 12.5. The van der Waals surface area contributed by atoms with E-state index in [0.29, 0.717) is 5.11 Å². The number of hydrogen-bond donors (Lipinski definition) is 2. The molecule has 0 bridgehead atoms. The molecule has 0 radical (unpaired) electrons. The second-order valence-corrected chi connectivity index (χ2v) is 9.70. The Morgan fingerprint density at radius 2 is 1.70 bits per heavy atom. The van der Waals surface area contributed by atoms with Crippen LogP contribution in [-0.2, 0) is 0 Å². The molecule has 4 aromatic carbocycles. The van der Waals surface area contributed by atoms with Gasteiger partial charge in [-0.15, -0.1) is 0 Å². The predicted molar refractivity (Wildman–Crippen MR) is 158 cm³/mol. The quantitative estimate of drug-likeness (QED) is 0.123. The van der Waals surface area contributed by atoms with Crippen LogP contribution in [-0.4, -0.2) is 33.7 Å². The highest BCUT2D eigenvalue weighted by molar-refractivity contribution is 7.80. The highest BCUT2D eigenvalue weighted by Gasteiger charge is 2.21. The molecule has 0 aliphatic heterocycles. The fraction of sp³-hybridized carbons (Fsp3) is 0.167. The van der Waals surface area contributed by atoms with Crippen molar-refractivity contribution in [2.75, 3.05) is 5.32 Å². The molecule has 1 heterocycles. The van der Waals surface area contributed by atoms with Crippen LogP contribution >= 0.6 is 12.2 Å². The van der Waals surface area contributed by atoms with E-state index in [0.717, 1.165) is 55.7 Å². The maximum Gasteiger partial charge on any atom is 0.304 e. The molecular formula is C30H26F3N5OS. The summed E-state index contributed by atoms with van der Waals surface area (Å²) in [6.07, 6.45) is -4.18. The number of nitrogens with one attached hydrogen (secondary N) is 2. The fourth-order valence-corrected chi connectivity index (χ4v) is 4.74. The number of thiocarbonyl (C=S) groups is 1. The Kier molecular flexibility index (Phi) is 7.70. The number of alkyl halides is 3. The van der Waals surface area contributed by atoms with Gasteiger partial charge in [0.25, 0.3) is 6.36 Å². The Hall–Kier alpha value is -4.44. The van der Waals surface area contributed by atoms with Crippen LogP contribution in [0.2, 0.25) is 0 Å². The molecule has 5 rings (SSSR count). The monoisotopic (exact) mass is 561 g/mol. The van der Waals surface area contributed by atoms with Crippen molar-refractivity contribution in [2.24, 2.45) is 5.10 Å². The van der Waals surface area contributed by atoms with Crippen molar-refractivity contribution in [3.63, 3.8) is 0 Å². The van der Waals surface area contributed by atoms with Crippen LogP contribution in [0.15, 0.2) is 77.9 Å². The molecule has 5 aromatic rings. The number of para-hydroxylation sites is 1. The third-order valence-corrected chi connectivity index (χ3v) is 6.67. The normalized spacial score (nSPS) is 12.4. The molecule has 1 aromatic heterocycles. The first-order valence-corrected chi connectivity index (χ1v) is 12.9. The summed E-state index contributed by atoms with van der Waals surface area (Å²) in [5.74, 6) is 0.765. The summed E-state index contributed by atoms with van der Waals surface area (Å²) in [6, 6.07) is 22.2. The molecule has 1 unspecified atom stereocenters. The van der Waals surface area contributed by atoms with Crippen molar-refractivity contribution < 1.29 is 17.9 Å². The lowest BCUT2D eigenvalue weighted by molar-refractivity contribution is -0.0668. The van der Waals surface area contributed by atoms with E-state index in [2.05, 4.69) is 20.6 Å². The van der Waals surface area contributed by atoms with Gasteiger partial charge in [0.2, 0.25) is 0 Å². The van der Waals surface area contributed by atoms with Gasteiger partial charge in [-0.3, -0.25) is 9.99 Å². The van der Waals surface area contributed by atoms with Crippen molar-refractivity contribution >= 4 is 51.0 Å². The van der Waals surface area contributed by atoms with Crippen LogP contribution in [0.1, 0.15) is 22.5 Å². The molecule has 0 amide bonds. The predicted octanol–water partition coefficient (Wildman–Crippen LogP) is 7.36. The van der Waals surface area contributed by atoms with Gasteiger partial charge < -0.3 is 10.1 Å². The highest BCUT2D eigenvalue weighted by atomic mass is 32.1. The van der Waals surface area contributed by atoms with Gasteiger partial charge in [0, 0.05) is 16.8 Å². The molecule has 10 heteroatoms. The van der Waals surface area contributed by atoms with Gasteiger partial charge >= 0.3 is 6.43 Å². The molecule has 40 heavy (non-hydrogen) atoms. The zero-order valence-corrected chi connectivity index (χ0v) is 22.8. The number of hydrazone groups is 1. The minimum absolute atomic E-state index is 0.0228. The lowest BCUT2D eigenvalue weighted by Crippen LogP contribution is -2.24. The van der Waals surface area contributed by atoms with Gasteiger partial charge in [-0.2, -0.15) is 9.49 Å². The van der Waals surface area contributed by atoms with Gasteiger partial charge in [-0.1, -0.05) is 36.4 Å². The molecular weight excluding hydrogens is 535 g/mol. The third kappa shape index (κ3) is 5.62. The van der Waals surface area contributed by atoms with Crippen molar-refractivity contribution in [1.29, 1.82) is 0 Å². The van der Waals surface area contributed by atoms with E-state index in [4.69, 9.17) is 17.2 Å². The van der Waals surface area contributed by atoms with Gasteiger partial charge in [0.15, 0.2) is 5.11 Å². The standard InChI is InChI=1S/C30H26F3N5OS/c1-17-5-4-6-18(2)26(17)36-30(40)37-34-16-20-7-13-24-21(15-20)8-14-25-27(24)35-19(3)38(25)22-9-11-23(12-10-22)39-29(33)28(31)32/h4-16,28-29H,1-3H3,(H2,36,37,40). The smallest absolute Gasteiger partial charge is 0.304 e. The number of ether oxygens (including phenoxy) is 1. The van der Waals surface area contributed by atoms with E-state index in [1.165, 1.54) is 12.1 Å². The van der Waals surface area contributed by atoms with Gasteiger partial charge in [0.05, 0.1) is 17.2 Å². The molecule has 0 aliphatic rings. The second kappa shape index (κ2) is 11.4. The van der Waals surface area contributed by atoms with Crippen LogP contribution < -0.4 is 15.5 Å². The van der Waals surface area contributed by atoms with E-state index in [1.807, 2.05) is 73.9 Å². The molecule has 204 valence electrons. The Morgan fingerprint density at radius 3 is 2.40 bits per heavy atom. The number of fused-ring (bicyclic) bond motifs is 3. The van der Waals surface area contributed by atoms with Crippen LogP contribution in [0, 0.1) is 20.8 Å². The van der Waals surface area contributed by atoms with E-state index < -0.39 is 12.8 Å². The van der Waals surface area contributed by atoms with Crippen molar-refractivity contribution in [1.82, 2.24) is 15.0 Å². The maximum absolute atomic E-state index is 13.2. The summed E-state index contributed by atoms with van der Waals surface area (Å²) in [5.41, 5.74) is 9.35. The SMILES string of the molecule is Cc1cccc(C)c1NC(=S)NN=Cc1ccc2c(ccc3c2nc(C)n3-c2ccc(OC(F)C(F)F)cc2)c1. The number of benzene rings is 4. The summed E-state index contributed by atoms with van der Waals surface area (Å²) in [6.45, 7) is 5.92. The molecule has 0 saturated heterocycles. The Morgan fingerprint density at radius 1 is 0.975 bits per heavy atom. The molecule has 0 saturated carbocycles. The maximum atomic E-state index is 13.2. The van der Waals surface area contributed by atoms with E-state index >= 15 is 0 Å². The number of aryl methyl sites for hydroxylation is 3. The number of rotatable bonds is 7. The van der Waals surface area contributed by atoms with Crippen LogP contribution in [0.3, 0.4) is 0 Å². The van der Waals surface area contributed by atoms with Crippen molar-refractivity contribution in [3.05, 3.63) is 95.3 Å². The third-order valence-electron chi connectivity index (χ3n) is 6.47. The summed E-state index contributed by atoms with van der Waals surface area (Å²) in [4.78, 5) is 4.78. The summed E-state index contributed by atoms with van der Waals surface area (Å²) in [7, 11) is 0. The van der Waals surface area contributed by atoms with Gasteiger partial charge in [-0.25, -0.2) is 13.8 Å². The number of halogens is 3. The zero-order chi connectivity index (χ0) is 28.4. The second-order valence-electron chi connectivity index (χ2n) is 9.30.